The zero-order valence-electron chi connectivity index (χ0n) is 10.6. The standard InChI is InChI=1S/C15H16O4/c16-12-6-7-14(8-11-4-2-1-3-5-11)13(17)19-10-15(14,18)9-12/h1-5,18H,6-10H2. The molecular formula is C15H16O4. The number of esters is 1. The number of fused-ring (bicyclic) bond motifs is 1. The van der Waals surface area contributed by atoms with Gasteiger partial charge in [0.1, 0.15) is 23.4 Å². The molecule has 1 aromatic carbocycles. The molecule has 1 aliphatic heterocycles. The molecule has 0 aromatic heterocycles. The van der Waals surface area contributed by atoms with Crippen molar-refractivity contribution in [2.45, 2.75) is 31.3 Å². The average Bonchev–Trinajstić information content (AvgIpc) is 2.64. The lowest BCUT2D eigenvalue weighted by Crippen LogP contribution is -2.54. The second-order valence-electron chi connectivity index (χ2n) is 5.57. The van der Waals surface area contributed by atoms with Crippen molar-refractivity contribution < 1.29 is 19.4 Å². The molecule has 1 heterocycles. The van der Waals surface area contributed by atoms with Gasteiger partial charge in [0.05, 0.1) is 0 Å². The maximum Gasteiger partial charge on any atom is 0.315 e. The predicted molar refractivity (Wildman–Crippen MR) is 67.3 cm³/mol. The van der Waals surface area contributed by atoms with Crippen LogP contribution in [0.2, 0.25) is 0 Å². The van der Waals surface area contributed by atoms with Gasteiger partial charge in [0.25, 0.3) is 0 Å². The molecule has 0 amide bonds. The first kappa shape index (κ1) is 12.4. The summed E-state index contributed by atoms with van der Waals surface area (Å²) in [5.74, 6) is -0.365. The second-order valence-corrected chi connectivity index (χ2v) is 5.57. The average molecular weight is 260 g/mol. The fourth-order valence-corrected chi connectivity index (χ4v) is 3.24. The van der Waals surface area contributed by atoms with Crippen LogP contribution in [0.3, 0.4) is 0 Å². The Hall–Kier alpha value is -1.68. The maximum absolute atomic E-state index is 12.2. The second kappa shape index (κ2) is 4.17. The van der Waals surface area contributed by atoms with Gasteiger partial charge in [-0.25, -0.2) is 0 Å². The van der Waals surface area contributed by atoms with E-state index < -0.39 is 11.0 Å². The number of hydrogen-bond donors (Lipinski definition) is 1. The van der Waals surface area contributed by atoms with Crippen molar-refractivity contribution in [2.24, 2.45) is 5.41 Å². The van der Waals surface area contributed by atoms with Crippen LogP contribution in [0.4, 0.5) is 0 Å². The first-order valence-electron chi connectivity index (χ1n) is 6.51. The summed E-state index contributed by atoms with van der Waals surface area (Å²) in [5, 5.41) is 10.7. The molecule has 4 nitrogen and oxygen atoms in total. The summed E-state index contributed by atoms with van der Waals surface area (Å²) in [5.41, 5.74) is -1.31. The number of benzene rings is 1. The van der Waals surface area contributed by atoms with Crippen molar-refractivity contribution in [3.05, 3.63) is 35.9 Å². The normalized spacial score (nSPS) is 33.9. The van der Waals surface area contributed by atoms with Crippen LogP contribution in [0.25, 0.3) is 0 Å². The lowest BCUT2D eigenvalue weighted by Gasteiger charge is -2.41. The van der Waals surface area contributed by atoms with E-state index in [-0.39, 0.29) is 24.8 Å². The van der Waals surface area contributed by atoms with Gasteiger partial charge < -0.3 is 9.84 Å². The maximum atomic E-state index is 12.2. The third-order valence-electron chi connectivity index (χ3n) is 4.39. The summed E-state index contributed by atoms with van der Waals surface area (Å²) >= 11 is 0. The number of hydrogen-bond acceptors (Lipinski definition) is 4. The van der Waals surface area contributed by atoms with Crippen LogP contribution in [-0.4, -0.2) is 29.1 Å². The van der Waals surface area contributed by atoms with Gasteiger partial charge in [0.2, 0.25) is 0 Å². The number of cyclic esters (lactones) is 1. The molecule has 0 radical (unpaired) electrons. The Morgan fingerprint density at radius 2 is 1.95 bits per heavy atom. The lowest BCUT2D eigenvalue weighted by molar-refractivity contribution is -0.154. The molecule has 4 heteroatoms. The highest BCUT2D eigenvalue weighted by Crippen LogP contribution is 2.50. The van der Waals surface area contributed by atoms with Gasteiger partial charge in [-0.15, -0.1) is 0 Å². The number of aliphatic hydroxyl groups is 1. The van der Waals surface area contributed by atoms with Crippen LogP contribution >= 0.6 is 0 Å². The number of ketones is 1. The molecule has 2 fully saturated rings. The lowest BCUT2D eigenvalue weighted by atomic mass is 9.61. The molecule has 2 unspecified atom stereocenters. The minimum Gasteiger partial charge on any atom is -0.462 e. The third-order valence-corrected chi connectivity index (χ3v) is 4.39. The zero-order chi connectivity index (χ0) is 13.5. The van der Waals surface area contributed by atoms with Gasteiger partial charge in [-0.05, 0) is 18.4 Å². The minimum atomic E-state index is -1.34. The fourth-order valence-electron chi connectivity index (χ4n) is 3.24. The Morgan fingerprint density at radius 1 is 1.21 bits per heavy atom. The van der Waals surface area contributed by atoms with E-state index in [0.717, 1.165) is 5.56 Å². The van der Waals surface area contributed by atoms with E-state index in [0.29, 0.717) is 19.3 Å². The Labute approximate surface area is 111 Å². The molecule has 1 saturated heterocycles. The van der Waals surface area contributed by atoms with Crippen LogP contribution in [0.1, 0.15) is 24.8 Å². The Kier molecular flexibility index (Phi) is 2.71. The molecule has 3 rings (SSSR count). The fraction of sp³-hybridized carbons (Fsp3) is 0.467. The van der Waals surface area contributed by atoms with E-state index in [1.807, 2.05) is 30.3 Å². The number of carbonyl (C=O) groups excluding carboxylic acids is 2. The van der Waals surface area contributed by atoms with E-state index >= 15 is 0 Å². The van der Waals surface area contributed by atoms with Gasteiger partial charge >= 0.3 is 5.97 Å². The number of rotatable bonds is 2. The Morgan fingerprint density at radius 3 is 2.68 bits per heavy atom. The third kappa shape index (κ3) is 1.78. The molecule has 1 saturated carbocycles. The monoisotopic (exact) mass is 260 g/mol. The van der Waals surface area contributed by atoms with Crippen LogP contribution in [0.5, 0.6) is 0 Å². The molecule has 1 aromatic rings. The van der Waals surface area contributed by atoms with E-state index in [9.17, 15) is 14.7 Å². The SMILES string of the molecule is O=C1CCC2(Cc3ccccc3)C(=O)OCC2(O)C1. The van der Waals surface area contributed by atoms with Crippen LogP contribution in [0, 0.1) is 5.41 Å². The number of ether oxygens (including phenoxy) is 1. The van der Waals surface area contributed by atoms with Crippen molar-refractivity contribution in [1.29, 1.82) is 0 Å². The van der Waals surface area contributed by atoms with Crippen molar-refractivity contribution >= 4 is 11.8 Å². The summed E-state index contributed by atoms with van der Waals surface area (Å²) in [7, 11) is 0. The Balaban J connectivity index is 1.98. The summed E-state index contributed by atoms with van der Waals surface area (Å²) in [6.45, 7) is -0.0651. The largest absolute Gasteiger partial charge is 0.462 e. The highest BCUT2D eigenvalue weighted by molar-refractivity contribution is 5.89. The van der Waals surface area contributed by atoms with Crippen LogP contribution in [0.15, 0.2) is 30.3 Å². The minimum absolute atomic E-state index is 0.00415. The van der Waals surface area contributed by atoms with Gasteiger partial charge in [-0.1, -0.05) is 30.3 Å². The van der Waals surface area contributed by atoms with Crippen molar-refractivity contribution in [3.63, 3.8) is 0 Å². The van der Waals surface area contributed by atoms with Gasteiger partial charge in [-0.2, -0.15) is 0 Å². The van der Waals surface area contributed by atoms with E-state index in [4.69, 9.17) is 4.74 Å². The highest BCUT2D eigenvalue weighted by atomic mass is 16.6. The molecular weight excluding hydrogens is 244 g/mol. The predicted octanol–water partition coefficient (Wildman–Crippen LogP) is 1.26. The molecule has 2 aliphatic rings. The summed E-state index contributed by atoms with van der Waals surface area (Å²) in [6.07, 6.45) is 1.16. The summed E-state index contributed by atoms with van der Waals surface area (Å²) < 4.78 is 5.09. The van der Waals surface area contributed by atoms with Gasteiger partial charge in [-0.3, -0.25) is 9.59 Å². The number of carbonyl (C=O) groups is 2. The van der Waals surface area contributed by atoms with Gasteiger partial charge in [0.15, 0.2) is 0 Å². The Bertz CT molecular complexity index is 524. The van der Waals surface area contributed by atoms with Crippen molar-refractivity contribution in [3.8, 4) is 0 Å². The molecule has 19 heavy (non-hydrogen) atoms. The summed E-state index contributed by atoms with van der Waals surface area (Å²) in [4.78, 5) is 23.7. The summed E-state index contributed by atoms with van der Waals surface area (Å²) in [6, 6.07) is 9.57. The quantitative estimate of drug-likeness (QED) is 0.813. The van der Waals surface area contributed by atoms with Gasteiger partial charge in [0, 0.05) is 12.8 Å². The molecule has 100 valence electrons. The van der Waals surface area contributed by atoms with Crippen LogP contribution in [-0.2, 0) is 20.7 Å². The van der Waals surface area contributed by atoms with E-state index in [2.05, 4.69) is 0 Å². The van der Waals surface area contributed by atoms with Crippen molar-refractivity contribution in [1.82, 2.24) is 0 Å². The van der Waals surface area contributed by atoms with Crippen molar-refractivity contribution in [2.75, 3.05) is 6.61 Å². The highest BCUT2D eigenvalue weighted by Gasteiger charge is 2.64. The topological polar surface area (TPSA) is 63.6 Å². The van der Waals surface area contributed by atoms with Crippen LogP contribution < -0.4 is 0 Å². The first-order chi connectivity index (χ1) is 9.06. The van der Waals surface area contributed by atoms with E-state index in [1.165, 1.54) is 0 Å². The molecule has 1 N–H and O–H groups in total. The molecule has 0 bridgehead atoms. The zero-order valence-corrected chi connectivity index (χ0v) is 10.6. The molecule has 0 spiro atoms. The molecule has 2 atom stereocenters. The van der Waals surface area contributed by atoms with E-state index in [1.54, 1.807) is 0 Å². The number of Topliss-reactive ketones (excluding diaryl/α,β-unsaturated/α-hetero) is 1. The molecule has 1 aliphatic carbocycles. The first-order valence-corrected chi connectivity index (χ1v) is 6.51. The smallest absolute Gasteiger partial charge is 0.315 e.